The third-order valence-electron chi connectivity index (χ3n) is 3.44. The summed E-state index contributed by atoms with van der Waals surface area (Å²) in [6.07, 6.45) is 11.5. The standard InChI is InChI=1S/C19H22ClNO2/c20-18-8-7-17(6-5-16-9-11-21-12-10-16)15-19(18)23-14-4-2-1-3-13-22/h5-12,15,22H,1-4,13-14H2. The van der Waals surface area contributed by atoms with Gasteiger partial charge in [-0.25, -0.2) is 0 Å². The molecule has 2 rings (SSSR count). The van der Waals surface area contributed by atoms with Crippen LogP contribution in [-0.4, -0.2) is 23.3 Å². The summed E-state index contributed by atoms with van der Waals surface area (Å²) in [5, 5.41) is 9.37. The van der Waals surface area contributed by atoms with E-state index in [9.17, 15) is 0 Å². The number of aliphatic hydroxyl groups excluding tert-OH is 1. The van der Waals surface area contributed by atoms with Crippen LogP contribution in [0.15, 0.2) is 42.7 Å². The van der Waals surface area contributed by atoms with E-state index in [4.69, 9.17) is 21.4 Å². The lowest BCUT2D eigenvalue weighted by Crippen LogP contribution is -1.98. The number of hydrogen-bond donors (Lipinski definition) is 1. The summed E-state index contributed by atoms with van der Waals surface area (Å²) < 4.78 is 5.77. The number of ether oxygens (including phenoxy) is 1. The van der Waals surface area contributed by atoms with Gasteiger partial charge in [-0.2, -0.15) is 0 Å². The number of pyridine rings is 1. The Bertz CT molecular complexity index is 614. The van der Waals surface area contributed by atoms with Crippen LogP contribution in [0.1, 0.15) is 36.8 Å². The maximum atomic E-state index is 8.74. The van der Waals surface area contributed by atoms with Gasteiger partial charge in [-0.15, -0.1) is 0 Å². The van der Waals surface area contributed by atoms with E-state index in [1.54, 1.807) is 12.4 Å². The molecule has 2 aromatic rings. The van der Waals surface area contributed by atoms with Crippen molar-refractivity contribution < 1.29 is 9.84 Å². The smallest absolute Gasteiger partial charge is 0.138 e. The third-order valence-corrected chi connectivity index (χ3v) is 3.75. The number of nitrogens with zero attached hydrogens (tertiary/aromatic N) is 1. The molecule has 0 bridgehead atoms. The van der Waals surface area contributed by atoms with Gasteiger partial charge >= 0.3 is 0 Å². The molecule has 0 amide bonds. The summed E-state index contributed by atoms with van der Waals surface area (Å²) in [5.41, 5.74) is 2.14. The lowest BCUT2D eigenvalue weighted by atomic mass is 10.1. The highest BCUT2D eigenvalue weighted by atomic mass is 35.5. The molecule has 1 heterocycles. The SMILES string of the molecule is OCCCCCCOc1cc(C=Cc2ccncc2)ccc1Cl. The van der Waals surface area contributed by atoms with Gasteiger partial charge in [-0.3, -0.25) is 4.98 Å². The maximum Gasteiger partial charge on any atom is 0.138 e. The molecule has 0 atom stereocenters. The minimum Gasteiger partial charge on any atom is -0.492 e. The van der Waals surface area contributed by atoms with Gasteiger partial charge in [0, 0.05) is 19.0 Å². The summed E-state index contributed by atoms with van der Waals surface area (Å²) in [4.78, 5) is 4.00. The summed E-state index contributed by atoms with van der Waals surface area (Å²) >= 11 is 6.19. The van der Waals surface area contributed by atoms with Gasteiger partial charge in [0.25, 0.3) is 0 Å². The summed E-state index contributed by atoms with van der Waals surface area (Å²) in [5.74, 6) is 0.714. The lowest BCUT2D eigenvalue weighted by molar-refractivity contribution is 0.273. The molecule has 122 valence electrons. The second kappa shape index (κ2) is 10.0. The second-order valence-electron chi connectivity index (χ2n) is 5.29. The van der Waals surface area contributed by atoms with E-state index in [-0.39, 0.29) is 6.61 Å². The number of unbranched alkanes of at least 4 members (excludes halogenated alkanes) is 3. The van der Waals surface area contributed by atoms with E-state index >= 15 is 0 Å². The fourth-order valence-corrected chi connectivity index (χ4v) is 2.32. The fraction of sp³-hybridized carbons (Fsp3) is 0.316. The quantitative estimate of drug-likeness (QED) is 0.669. The van der Waals surface area contributed by atoms with Crippen molar-refractivity contribution in [3.63, 3.8) is 0 Å². The van der Waals surface area contributed by atoms with Gasteiger partial charge in [-0.05, 0) is 54.7 Å². The van der Waals surface area contributed by atoms with E-state index in [0.29, 0.717) is 17.4 Å². The predicted octanol–water partition coefficient (Wildman–Crippen LogP) is 4.84. The molecule has 1 aromatic carbocycles. The molecule has 23 heavy (non-hydrogen) atoms. The molecular formula is C19H22ClNO2. The average molecular weight is 332 g/mol. The molecule has 0 radical (unpaired) electrons. The highest BCUT2D eigenvalue weighted by Gasteiger charge is 2.02. The van der Waals surface area contributed by atoms with Gasteiger partial charge < -0.3 is 9.84 Å². The Morgan fingerprint density at radius 3 is 2.48 bits per heavy atom. The van der Waals surface area contributed by atoms with Gasteiger partial charge in [0.15, 0.2) is 0 Å². The Morgan fingerprint density at radius 2 is 1.70 bits per heavy atom. The van der Waals surface area contributed by atoms with Crippen LogP contribution in [0.5, 0.6) is 5.75 Å². The van der Waals surface area contributed by atoms with Crippen molar-refractivity contribution >= 4 is 23.8 Å². The van der Waals surface area contributed by atoms with Gasteiger partial charge in [0.1, 0.15) is 5.75 Å². The second-order valence-corrected chi connectivity index (χ2v) is 5.70. The third kappa shape index (κ3) is 6.43. The van der Waals surface area contributed by atoms with Crippen molar-refractivity contribution in [2.75, 3.05) is 13.2 Å². The lowest BCUT2D eigenvalue weighted by Gasteiger charge is -2.09. The first kappa shape index (κ1) is 17.5. The van der Waals surface area contributed by atoms with Crippen molar-refractivity contribution in [2.24, 2.45) is 0 Å². The van der Waals surface area contributed by atoms with Crippen LogP contribution in [0.2, 0.25) is 5.02 Å². The topological polar surface area (TPSA) is 42.4 Å². The molecule has 0 fully saturated rings. The zero-order valence-corrected chi connectivity index (χ0v) is 13.9. The highest BCUT2D eigenvalue weighted by Crippen LogP contribution is 2.26. The fourth-order valence-electron chi connectivity index (χ4n) is 2.15. The van der Waals surface area contributed by atoms with E-state index < -0.39 is 0 Å². The molecule has 0 saturated heterocycles. The van der Waals surface area contributed by atoms with E-state index in [2.05, 4.69) is 4.98 Å². The van der Waals surface area contributed by atoms with Gasteiger partial charge in [0.05, 0.1) is 11.6 Å². The van der Waals surface area contributed by atoms with Crippen LogP contribution >= 0.6 is 11.6 Å². The number of rotatable bonds is 9. The Morgan fingerprint density at radius 1 is 0.957 bits per heavy atom. The molecule has 1 N–H and O–H groups in total. The van der Waals surface area contributed by atoms with E-state index in [1.165, 1.54) is 0 Å². The van der Waals surface area contributed by atoms with Crippen molar-refractivity contribution in [1.82, 2.24) is 4.98 Å². The largest absolute Gasteiger partial charge is 0.492 e. The first-order valence-corrected chi connectivity index (χ1v) is 8.29. The van der Waals surface area contributed by atoms with Crippen molar-refractivity contribution in [1.29, 1.82) is 0 Å². The zero-order chi connectivity index (χ0) is 16.3. The molecule has 3 nitrogen and oxygen atoms in total. The van der Waals surface area contributed by atoms with Crippen molar-refractivity contribution in [3.05, 3.63) is 58.9 Å². The molecule has 0 aliphatic rings. The van der Waals surface area contributed by atoms with Crippen LogP contribution in [0.4, 0.5) is 0 Å². The van der Waals surface area contributed by atoms with Crippen LogP contribution in [0, 0.1) is 0 Å². The molecule has 0 spiro atoms. The Kier molecular flexibility index (Phi) is 7.64. The summed E-state index contributed by atoms with van der Waals surface area (Å²) in [6.45, 7) is 0.904. The summed E-state index contributed by atoms with van der Waals surface area (Å²) in [7, 11) is 0. The zero-order valence-electron chi connectivity index (χ0n) is 13.1. The van der Waals surface area contributed by atoms with Crippen molar-refractivity contribution in [2.45, 2.75) is 25.7 Å². The minimum absolute atomic E-state index is 0.262. The highest BCUT2D eigenvalue weighted by molar-refractivity contribution is 6.32. The van der Waals surface area contributed by atoms with Crippen LogP contribution in [-0.2, 0) is 0 Å². The number of aromatic nitrogens is 1. The van der Waals surface area contributed by atoms with Crippen molar-refractivity contribution in [3.8, 4) is 5.75 Å². The summed E-state index contributed by atoms with van der Waals surface area (Å²) in [6, 6.07) is 9.68. The molecule has 0 saturated carbocycles. The van der Waals surface area contributed by atoms with Crippen LogP contribution < -0.4 is 4.74 Å². The maximum absolute atomic E-state index is 8.74. The first-order valence-electron chi connectivity index (χ1n) is 7.91. The van der Waals surface area contributed by atoms with Gasteiger partial charge in [0.2, 0.25) is 0 Å². The molecular weight excluding hydrogens is 310 g/mol. The number of hydrogen-bond acceptors (Lipinski definition) is 3. The molecule has 4 heteroatoms. The first-order chi connectivity index (χ1) is 11.3. The normalized spacial score (nSPS) is 11.0. The van der Waals surface area contributed by atoms with Gasteiger partial charge in [-0.1, -0.05) is 36.2 Å². The molecule has 0 unspecified atom stereocenters. The Balaban J connectivity index is 1.89. The predicted molar refractivity (Wildman–Crippen MR) is 95.7 cm³/mol. The average Bonchev–Trinajstić information content (AvgIpc) is 2.59. The number of benzene rings is 1. The molecule has 0 aliphatic heterocycles. The molecule has 0 aliphatic carbocycles. The van der Waals surface area contributed by atoms with E-state index in [0.717, 1.165) is 36.8 Å². The Labute approximate surface area is 142 Å². The van der Waals surface area contributed by atoms with Crippen LogP contribution in [0.25, 0.3) is 12.2 Å². The molecule has 1 aromatic heterocycles. The van der Waals surface area contributed by atoms with E-state index in [1.807, 2.05) is 42.5 Å². The monoisotopic (exact) mass is 331 g/mol. The minimum atomic E-state index is 0.262. The Hall–Kier alpha value is -1.84. The number of halogens is 1. The number of aliphatic hydroxyl groups is 1. The van der Waals surface area contributed by atoms with Crippen LogP contribution in [0.3, 0.4) is 0 Å².